The van der Waals surface area contributed by atoms with E-state index in [1.807, 2.05) is 6.92 Å². The summed E-state index contributed by atoms with van der Waals surface area (Å²) in [5.74, 6) is 0. The topological polar surface area (TPSA) is 35.5 Å². The smallest absolute Gasteiger partial charge is 0.419 e. The van der Waals surface area contributed by atoms with Gasteiger partial charge in [0.05, 0.1) is 6.61 Å². The van der Waals surface area contributed by atoms with Crippen LogP contribution in [0.25, 0.3) is 0 Å². The molecule has 0 aromatic rings. The Kier molecular flexibility index (Phi) is 7.15. The molecule has 0 saturated heterocycles. The third kappa shape index (κ3) is 5.85. The van der Waals surface area contributed by atoms with Crippen LogP contribution in [0.1, 0.15) is 33.1 Å². The molecule has 3 heteroatoms. The molecule has 1 atom stereocenters. The highest BCUT2D eigenvalue weighted by molar-refractivity contribution is 5.38. The van der Waals surface area contributed by atoms with Crippen molar-refractivity contribution in [3.05, 3.63) is 0 Å². The van der Waals surface area contributed by atoms with E-state index in [1.54, 1.807) is 0 Å². The maximum atomic E-state index is 9.78. The number of hydrogen-bond donors (Lipinski definition) is 0. The third-order valence-electron chi connectivity index (χ3n) is 1.31. The second-order valence-electron chi connectivity index (χ2n) is 2.26. The van der Waals surface area contributed by atoms with Crippen LogP contribution in [0, 0.1) is 0 Å². The lowest BCUT2D eigenvalue weighted by Gasteiger charge is -2.12. The summed E-state index contributed by atoms with van der Waals surface area (Å²) < 4.78 is 9.70. The minimum Gasteiger partial charge on any atom is -0.427 e. The Morgan fingerprint density at radius 2 is 2.18 bits per heavy atom. The maximum absolute atomic E-state index is 9.78. The molecule has 3 nitrogen and oxygen atoms in total. The van der Waals surface area contributed by atoms with Crippen molar-refractivity contribution in [2.45, 2.75) is 39.4 Å². The predicted molar refractivity (Wildman–Crippen MR) is 41.7 cm³/mol. The Bertz CT molecular complexity index is 93.3. The summed E-state index contributed by atoms with van der Waals surface area (Å²) in [6, 6.07) is 0. The fraction of sp³-hybridized carbons (Fsp3) is 0.875. The van der Waals surface area contributed by atoms with Gasteiger partial charge >= 0.3 is 6.47 Å². The quantitative estimate of drug-likeness (QED) is 0.418. The number of unbranched alkanes of at least 4 members (excludes halogenated alkanes) is 1. The normalized spacial score (nSPS) is 12.5. The van der Waals surface area contributed by atoms with Crippen LogP contribution in [0.15, 0.2) is 0 Å². The van der Waals surface area contributed by atoms with Crippen molar-refractivity contribution in [1.29, 1.82) is 0 Å². The van der Waals surface area contributed by atoms with Gasteiger partial charge in [0.25, 0.3) is 0 Å². The summed E-state index contributed by atoms with van der Waals surface area (Å²) in [4.78, 5) is 9.78. The Balaban J connectivity index is 3.27. The zero-order valence-electron chi connectivity index (χ0n) is 7.13. The van der Waals surface area contributed by atoms with Crippen LogP contribution in [0.4, 0.5) is 0 Å². The second-order valence-corrected chi connectivity index (χ2v) is 2.26. The summed E-state index contributed by atoms with van der Waals surface area (Å²) in [6.45, 7) is 6.00. The van der Waals surface area contributed by atoms with Gasteiger partial charge in [0.1, 0.15) is 0 Å². The molecular formula is C8H15O3. The first-order valence-corrected chi connectivity index (χ1v) is 3.99. The van der Waals surface area contributed by atoms with Crippen LogP contribution >= 0.6 is 0 Å². The second kappa shape index (κ2) is 7.54. The van der Waals surface area contributed by atoms with Crippen molar-refractivity contribution in [2.24, 2.45) is 0 Å². The molecule has 0 aliphatic rings. The molecule has 65 valence electrons. The molecule has 0 rings (SSSR count). The lowest BCUT2D eigenvalue weighted by molar-refractivity contribution is -0.0911. The van der Waals surface area contributed by atoms with Gasteiger partial charge in [-0.1, -0.05) is 20.3 Å². The van der Waals surface area contributed by atoms with Crippen LogP contribution in [-0.4, -0.2) is 19.4 Å². The van der Waals surface area contributed by atoms with Gasteiger partial charge in [-0.05, 0) is 6.42 Å². The summed E-state index contributed by atoms with van der Waals surface area (Å²) in [6.07, 6.45) is 2.36. The number of carbonyl (C=O) groups excluding carboxylic acids is 1. The van der Waals surface area contributed by atoms with Gasteiger partial charge in [0, 0.05) is 6.42 Å². The molecule has 1 radical (unpaired) electrons. The summed E-state index contributed by atoms with van der Waals surface area (Å²) >= 11 is 0. The van der Waals surface area contributed by atoms with Gasteiger partial charge < -0.3 is 9.47 Å². The lowest BCUT2D eigenvalue weighted by atomic mass is 10.4. The Labute approximate surface area is 67.7 Å². The van der Waals surface area contributed by atoms with Gasteiger partial charge in [-0.15, -0.1) is 0 Å². The molecule has 0 spiro atoms. The SMILES string of the molecule is CCCCOC(CC)O[C]=O. The van der Waals surface area contributed by atoms with E-state index in [1.165, 1.54) is 6.47 Å². The van der Waals surface area contributed by atoms with Crippen LogP contribution in [0.5, 0.6) is 0 Å². The summed E-state index contributed by atoms with van der Waals surface area (Å²) in [5.41, 5.74) is 0. The fourth-order valence-corrected chi connectivity index (χ4v) is 0.648. The van der Waals surface area contributed by atoms with Crippen molar-refractivity contribution >= 4 is 6.47 Å². The van der Waals surface area contributed by atoms with Gasteiger partial charge in [0.2, 0.25) is 6.29 Å². The van der Waals surface area contributed by atoms with E-state index >= 15 is 0 Å². The van der Waals surface area contributed by atoms with Crippen LogP contribution in [-0.2, 0) is 14.3 Å². The Morgan fingerprint density at radius 1 is 1.45 bits per heavy atom. The molecule has 0 fully saturated rings. The molecular weight excluding hydrogens is 144 g/mol. The van der Waals surface area contributed by atoms with Crippen molar-refractivity contribution in [2.75, 3.05) is 6.61 Å². The fourth-order valence-electron chi connectivity index (χ4n) is 0.648. The van der Waals surface area contributed by atoms with E-state index in [0.29, 0.717) is 13.0 Å². The van der Waals surface area contributed by atoms with Gasteiger partial charge in [-0.3, -0.25) is 0 Å². The molecule has 0 heterocycles. The van der Waals surface area contributed by atoms with Gasteiger partial charge in [-0.2, -0.15) is 0 Å². The molecule has 0 aromatic heterocycles. The number of rotatable bonds is 7. The van der Waals surface area contributed by atoms with Crippen LogP contribution in [0.3, 0.4) is 0 Å². The van der Waals surface area contributed by atoms with Crippen LogP contribution < -0.4 is 0 Å². The molecule has 0 aliphatic heterocycles. The van der Waals surface area contributed by atoms with E-state index in [-0.39, 0.29) is 0 Å². The lowest BCUT2D eigenvalue weighted by Crippen LogP contribution is -2.15. The average Bonchev–Trinajstić information content (AvgIpc) is 2.03. The van der Waals surface area contributed by atoms with E-state index in [0.717, 1.165) is 12.8 Å². The average molecular weight is 159 g/mol. The molecule has 11 heavy (non-hydrogen) atoms. The zero-order chi connectivity index (χ0) is 8.53. The first-order chi connectivity index (χ1) is 5.35. The minimum atomic E-state index is -0.404. The largest absolute Gasteiger partial charge is 0.427 e. The summed E-state index contributed by atoms with van der Waals surface area (Å²) in [7, 11) is 0. The molecule has 0 aromatic carbocycles. The van der Waals surface area contributed by atoms with Crippen molar-refractivity contribution < 1.29 is 14.3 Å². The first kappa shape index (κ1) is 10.4. The number of hydrogen-bond acceptors (Lipinski definition) is 3. The molecule has 1 unspecified atom stereocenters. The standard InChI is InChI=1S/C8H15O3/c1-3-5-6-10-8(4-2)11-7-9/h8H,3-6H2,1-2H3. The summed E-state index contributed by atoms with van der Waals surface area (Å²) in [5, 5.41) is 0. The monoisotopic (exact) mass is 159 g/mol. The van der Waals surface area contributed by atoms with E-state index in [9.17, 15) is 4.79 Å². The molecule has 0 amide bonds. The predicted octanol–water partition coefficient (Wildman–Crippen LogP) is 1.62. The minimum absolute atomic E-state index is 0.404. The third-order valence-corrected chi connectivity index (χ3v) is 1.31. The van der Waals surface area contributed by atoms with Crippen LogP contribution in [0.2, 0.25) is 0 Å². The molecule has 0 N–H and O–H groups in total. The van der Waals surface area contributed by atoms with Crippen molar-refractivity contribution in [3.8, 4) is 0 Å². The Morgan fingerprint density at radius 3 is 2.64 bits per heavy atom. The van der Waals surface area contributed by atoms with Gasteiger partial charge in [0.15, 0.2) is 0 Å². The van der Waals surface area contributed by atoms with Crippen molar-refractivity contribution in [1.82, 2.24) is 0 Å². The molecule has 0 aliphatic carbocycles. The highest BCUT2D eigenvalue weighted by atomic mass is 16.7. The maximum Gasteiger partial charge on any atom is 0.419 e. The van der Waals surface area contributed by atoms with Crippen molar-refractivity contribution in [3.63, 3.8) is 0 Å². The van der Waals surface area contributed by atoms with Gasteiger partial charge in [-0.25, -0.2) is 4.79 Å². The molecule has 0 bridgehead atoms. The van der Waals surface area contributed by atoms with E-state index in [4.69, 9.17) is 4.74 Å². The first-order valence-electron chi connectivity index (χ1n) is 3.99. The molecule has 0 saturated carbocycles. The highest BCUT2D eigenvalue weighted by Crippen LogP contribution is 2.00. The highest BCUT2D eigenvalue weighted by Gasteiger charge is 2.04. The van der Waals surface area contributed by atoms with E-state index in [2.05, 4.69) is 11.7 Å². The van der Waals surface area contributed by atoms with E-state index < -0.39 is 6.29 Å². The number of ether oxygens (including phenoxy) is 2. The Hall–Kier alpha value is -0.570. The zero-order valence-corrected chi connectivity index (χ0v) is 7.13.